The van der Waals surface area contributed by atoms with Crippen molar-refractivity contribution in [3.63, 3.8) is 0 Å². The highest BCUT2D eigenvalue weighted by molar-refractivity contribution is 6.35. The summed E-state index contributed by atoms with van der Waals surface area (Å²) < 4.78 is 11.2. The molecule has 2 heterocycles. The minimum atomic E-state index is -0.536. The number of aliphatic hydroxyl groups excluding tert-OH is 1. The number of benzene rings is 1. The summed E-state index contributed by atoms with van der Waals surface area (Å²) >= 11 is 12.3. The largest absolute Gasteiger partial charge is 0.486 e. The van der Waals surface area contributed by atoms with Gasteiger partial charge in [0.05, 0.1) is 25.1 Å². The SMILES string of the molecule is CC(O)[C@@H]1CN(c2ncc(OCc3c(Cl)cccc3Cl)cn2)CCO1. The Hall–Kier alpha value is -1.60. The molecule has 8 heteroatoms. The molecule has 2 atom stereocenters. The lowest BCUT2D eigenvalue weighted by Gasteiger charge is -2.34. The number of rotatable bonds is 5. The molecule has 1 aromatic heterocycles. The third kappa shape index (κ3) is 4.52. The van der Waals surface area contributed by atoms with E-state index in [1.807, 2.05) is 4.90 Å². The van der Waals surface area contributed by atoms with E-state index in [4.69, 9.17) is 32.7 Å². The van der Waals surface area contributed by atoms with Crippen LogP contribution in [0.1, 0.15) is 12.5 Å². The molecule has 0 saturated carbocycles. The van der Waals surface area contributed by atoms with Gasteiger partial charge in [0.25, 0.3) is 0 Å². The number of aliphatic hydroxyl groups is 1. The van der Waals surface area contributed by atoms with E-state index in [9.17, 15) is 5.11 Å². The molecular formula is C17H19Cl2N3O3. The maximum Gasteiger partial charge on any atom is 0.225 e. The van der Waals surface area contributed by atoms with Crippen molar-refractivity contribution in [2.75, 3.05) is 24.6 Å². The predicted octanol–water partition coefficient (Wildman–Crippen LogP) is 2.95. The normalized spacial score (nSPS) is 18.9. The summed E-state index contributed by atoms with van der Waals surface area (Å²) in [5.41, 5.74) is 0.725. The van der Waals surface area contributed by atoms with Crippen LogP contribution in [0.3, 0.4) is 0 Å². The van der Waals surface area contributed by atoms with Crippen molar-refractivity contribution in [1.82, 2.24) is 9.97 Å². The molecule has 0 spiro atoms. The zero-order valence-corrected chi connectivity index (χ0v) is 15.2. The van der Waals surface area contributed by atoms with Gasteiger partial charge in [0.15, 0.2) is 5.75 Å². The summed E-state index contributed by atoms with van der Waals surface area (Å²) in [5.74, 6) is 1.11. The number of morpholine rings is 1. The van der Waals surface area contributed by atoms with Crippen LogP contribution in [0.25, 0.3) is 0 Å². The van der Waals surface area contributed by atoms with Gasteiger partial charge in [-0.1, -0.05) is 29.3 Å². The Kier molecular flexibility index (Phi) is 5.96. The number of nitrogens with zero attached hydrogens (tertiary/aromatic N) is 3. The Morgan fingerprint density at radius 1 is 1.32 bits per heavy atom. The molecule has 0 aliphatic carbocycles. The molecule has 1 fully saturated rings. The first-order valence-electron chi connectivity index (χ1n) is 7.97. The fourth-order valence-corrected chi connectivity index (χ4v) is 3.03. The predicted molar refractivity (Wildman–Crippen MR) is 96.5 cm³/mol. The number of ether oxygens (including phenoxy) is 2. The Morgan fingerprint density at radius 3 is 2.64 bits per heavy atom. The summed E-state index contributed by atoms with van der Waals surface area (Å²) in [7, 11) is 0. The zero-order chi connectivity index (χ0) is 17.8. The lowest BCUT2D eigenvalue weighted by molar-refractivity contribution is -0.0368. The molecule has 1 saturated heterocycles. The van der Waals surface area contributed by atoms with Gasteiger partial charge in [-0.3, -0.25) is 0 Å². The number of hydrogen-bond donors (Lipinski definition) is 1. The molecule has 1 unspecified atom stereocenters. The highest BCUT2D eigenvalue weighted by Crippen LogP contribution is 2.26. The quantitative estimate of drug-likeness (QED) is 0.855. The van der Waals surface area contributed by atoms with E-state index < -0.39 is 6.10 Å². The van der Waals surface area contributed by atoms with Crippen molar-refractivity contribution < 1.29 is 14.6 Å². The second-order valence-corrected chi connectivity index (χ2v) is 6.62. The topological polar surface area (TPSA) is 67.7 Å². The molecule has 6 nitrogen and oxygen atoms in total. The second kappa shape index (κ2) is 8.19. The molecule has 134 valence electrons. The Bertz CT molecular complexity index is 693. The van der Waals surface area contributed by atoms with Crippen LogP contribution in [-0.2, 0) is 11.3 Å². The average molecular weight is 384 g/mol. The lowest BCUT2D eigenvalue weighted by Crippen LogP contribution is -2.47. The van der Waals surface area contributed by atoms with Crippen molar-refractivity contribution in [2.45, 2.75) is 25.7 Å². The summed E-state index contributed by atoms with van der Waals surface area (Å²) in [5, 5.41) is 10.8. The lowest BCUT2D eigenvalue weighted by atomic mass is 10.2. The standard InChI is InChI=1S/C17H19Cl2N3O3/c1-11(23)16-9-22(5-6-24-16)17-20-7-12(8-21-17)25-10-13-14(18)3-2-4-15(13)19/h2-4,7-8,11,16,23H,5-6,9-10H2,1H3/t11?,16-/m0/s1. The minimum Gasteiger partial charge on any atom is -0.486 e. The van der Waals surface area contributed by atoms with Gasteiger partial charge in [0.1, 0.15) is 12.7 Å². The van der Waals surface area contributed by atoms with E-state index in [1.54, 1.807) is 37.5 Å². The summed E-state index contributed by atoms with van der Waals surface area (Å²) in [6.45, 7) is 3.71. The number of halogens is 2. The third-order valence-electron chi connectivity index (χ3n) is 3.97. The molecule has 1 aromatic carbocycles. The van der Waals surface area contributed by atoms with Gasteiger partial charge >= 0.3 is 0 Å². The maximum absolute atomic E-state index is 9.67. The average Bonchev–Trinajstić information content (AvgIpc) is 2.62. The summed E-state index contributed by atoms with van der Waals surface area (Å²) in [4.78, 5) is 10.7. The van der Waals surface area contributed by atoms with Crippen molar-refractivity contribution in [2.24, 2.45) is 0 Å². The molecule has 2 aromatic rings. The van der Waals surface area contributed by atoms with Crippen LogP contribution in [0.15, 0.2) is 30.6 Å². The van der Waals surface area contributed by atoms with Gasteiger partial charge in [0.2, 0.25) is 5.95 Å². The van der Waals surface area contributed by atoms with E-state index in [-0.39, 0.29) is 12.7 Å². The Balaban J connectivity index is 1.62. The van der Waals surface area contributed by atoms with Crippen LogP contribution in [0, 0.1) is 0 Å². The molecule has 3 rings (SSSR count). The molecule has 1 N–H and O–H groups in total. The van der Waals surface area contributed by atoms with E-state index in [1.165, 1.54) is 0 Å². The van der Waals surface area contributed by atoms with E-state index in [0.29, 0.717) is 41.4 Å². The van der Waals surface area contributed by atoms with E-state index in [2.05, 4.69) is 9.97 Å². The van der Waals surface area contributed by atoms with Gasteiger partial charge in [-0.2, -0.15) is 0 Å². The van der Waals surface area contributed by atoms with E-state index >= 15 is 0 Å². The minimum absolute atomic E-state index is 0.239. The van der Waals surface area contributed by atoms with Crippen LogP contribution in [-0.4, -0.2) is 47.0 Å². The molecule has 25 heavy (non-hydrogen) atoms. The molecule has 0 bridgehead atoms. The highest BCUT2D eigenvalue weighted by atomic mass is 35.5. The molecule has 1 aliphatic heterocycles. The summed E-state index contributed by atoms with van der Waals surface area (Å²) in [6, 6.07) is 5.32. The number of aromatic nitrogens is 2. The van der Waals surface area contributed by atoms with Crippen LogP contribution in [0.5, 0.6) is 5.75 Å². The van der Waals surface area contributed by atoms with E-state index in [0.717, 1.165) is 5.56 Å². The van der Waals surface area contributed by atoms with Gasteiger partial charge < -0.3 is 19.5 Å². The Labute approximate surface area is 156 Å². The zero-order valence-electron chi connectivity index (χ0n) is 13.7. The van der Waals surface area contributed by atoms with Gasteiger partial charge in [-0.05, 0) is 19.1 Å². The Morgan fingerprint density at radius 2 is 2.00 bits per heavy atom. The fraction of sp³-hybridized carbons (Fsp3) is 0.412. The van der Waals surface area contributed by atoms with Crippen molar-refractivity contribution in [1.29, 1.82) is 0 Å². The van der Waals surface area contributed by atoms with Crippen LogP contribution >= 0.6 is 23.2 Å². The number of anilines is 1. The first kappa shape index (κ1) is 18.2. The fourth-order valence-electron chi connectivity index (χ4n) is 2.52. The van der Waals surface area contributed by atoms with Crippen LogP contribution < -0.4 is 9.64 Å². The van der Waals surface area contributed by atoms with Crippen LogP contribution in [0.4, 0.5) is 5.95 Å². The van der Waals surface area contributed by atoms with Gasteiger partial charge in [0, 0.05) is 28.7 Å². The van der Waals surface area contributed by atoms with Crippen LogP contribution in [0.2, 0.25) is 10.0 Å². The number of hydrogen-bond acceptors (Lipinski definition) is 6. The maximum atomic E-state index is 9.67. The molecular weight excluding hydrogens is 365 g/mol. The van der Waals surface area contributed by atoms with Gasteiger partial charge in [-0.15, -0.1) is 0 Å². The van der Waals surface area contributed by atoms with Gasteiger partial charge in [-0.25, -0.2) is 9.97 Å². The monoisotopic (exact) mass is 383 g/mol. The highest BCUT2D eigenvalue weighted by Gasteiger charge is 2.25. The second-order valence-electron chi connectivity index (χ2n) is 5.80. The van der Waals surface area contributed by atoms with Crippen molar-refractivity contribution in [3.05, 3.63) is 46.2 Å². The third-order valence-corrected chi connectivity index (χ3v) is 4.68. The van der Waals surface area contributed by atoms with Crippen molar-refractivity contribution in [3.8, 4) is 5.75 Å². The molecule has 1 aliphatic rings. The summed E-state index contributed by atoms with van der Waals surface area (Å²) in [6.07, 6.45) is 2.45. The smallest absolute Gasteiger partial charge is 0.225 e. The first-order chi connectivity index (χ1) is 12.0. The molecule has 0 radical (unpaired) electrons. The molecule has 0 amide bonds. The first-order valence-corrected chi connectivity index (χ1v) is 8.72. The van der Waals surface area contributed by atoms with Crippen molar-refractivity contribution >= 4 is 29.2 Å².